The number of benzene rings is 4. The minimum absolute atomic E-state index is 0.459. The number of hydrogen-bond acceptors (Lipinski definition) is 3. The molecule has 0 fully saturated rings. The van der Waals surface area contributed by atoms with E-state index < -0.39 is 0 Å². The summed E-state index contributed by atoms with van der Waals surface area (Å²) in [5.74, 6) is 0. The largest absolute Gasteiger partial charge is 0.370 e. The minimum Gasteiger partial charge on any atom is -0.370 e. The van der Waals surface area contributed by atoms with E-state index >= 15 is 0 Å². The maximum absolute atomic E-state index is 5.51. The molecule has 0 unspecified atom stereocenters. The van der Waals surface area contributed by atoms with Gasteiger partial charge in [-0.2, -0.15) is 5.10 Å². The van der Waals surface area contributed by atoms with Crippen LogP contribution in [-0.2, 0) is 0 Å². The van der Waals surface area contributed by atoms with Crippen molar-refractivity contribution in [3.05, 3.63) is 84.4 Å². The fourth-order valence-electron chi connectivity index (χ4n) is 3.91. The first-order valence-electron chi connectivity index (χ1n) is 10.6. The third kappa shape index (κ3) is 4.52. The Morgan fingerprint density at radius 1 is 0.871 bits per heavy atom. The van der Waals surface area contributed by atoms with E-state index in [4.69, 9.17) is 12.2 Å². The van der Waals surface area contributed by atoms with Gasteiger partial charge in [0.1, 0.15) is 0 Å². The second-order valence-electron chi connectivity index (χ2n) is 7.25. The number of nitrogens with zero attached hydrogens (tertiary/aromatic N) is 2. The van der Waals surface area contributed by atoms with Gasteiger partial charge in [0.05, 0.1) is 17.6 Å². The first kappa shape index (κ1) is 20.8. The Kier molecular flexibility index (Phi) is 6.43. The van der Waals surface area contributed by atoms with Crippen LogP contribution in [0.5, 0.6) is 0 Å². The summed E-state index contributed by atoms with van der Waals surface area (Å²) in [6.07, 6.45) is 1.86. The molecule has 0 aliphatic carbocycles. The standard InChI is InChI=1S/C26H26N4S/c1-3-30(4-2)25-16-10-9-15-24(25)28-26(31)29-27-18-23-21-13-7-5-11-19(21)17-20-12-6-8-14-22(20)23/h5-18H,3-4H2,1-2H3,(H2,28,29,31). The van der Waals surface area contributed by atoms with Crippen LogP contribution < -0.4 is 15.6 Å². The molecule has 5 heteroatoms. The van der Waals surface area contributed by atoms with Gasteiger partial charge in [-0.1, -0.05) is 60.7 Å². The Morgan fingerprint density at radius 2 is 1.45 bits per heavy atom. The van der Waals surface area contributed by atoms with Gasteiger partial charge in [-0.15, -0.1) is 0 Å². The van der Waals surface area contributed by atoms with Gasteiger partial charge in [0.25, 0.3) is 0 Å². The Labute approximate surface area is 188 Å². The highest BCUT2D eigenvalue weighted by Gasteiger charge is 2.09. The molecule has 0 aromatic heterocycles. The second kappa shape index (κ2) is 9.58. The Balaban J connectivity index is 1.57. The van der Waals surface area contributed by atoms with Crippen molar-refractivity contribution in [2.24, 2.45) is 5.10 Å². The molecule has 0 heterocycles. The Bertz CT molecular complexity index is 1190. The third-order valence-electron chi connectivity index (χ3n) is 5.43. The van der Waals surface area contributed by atoms with Gasteiger partial charge < -0.3 is 10.2 Å². The van der Waals surface area contributed by atoms with Crippen LogP contribution >= 0.6 is 12.2 Å². The summed E-state index contributed by atoms with van der Waals surface area (Å²) in [6, 6.07) is 27.1. The number of fused-ring (bicyclic) bond motifs is 2. The SMILES string of the molecule is CCN(CC)c1ccccc1NC(=S)NN=Cc1c2ccccc2cc2ccccc12. The van der Waals surface area contributed by atoms with E-state index in [0.29, 0.717) is 5.11 Å². The van der Waals surface area contributed by atoms with Crippen molar-refractivity contribution in [3.63, 3.8) is 0 Å². The van der Waals surface area contributed by atoms with Crippen molar-refractivity contribution in [2.45, 2.75) is 13.8 Å². The average molecular weight is 427 g/mol. The van der Waals surface area contributed by atoms with Gasteiger partial charge in [-0.3, -0.25) is 5.43 Å². The maximum Gasteiger partial charge on any atom is 0.191 e. The van der Waals surface area contributed by atoms with E-state index in [-0.39, 0.29) is 0 Å². The monoisotopic (exact) mass is 426 g/mol. The van der Waals surface area contributed by atoms with Crippen LogP contribution in [0.3, 0.4) is 0 Å². The van der Waals surface area contributed by atoms with Gasteiger partial charge >= 0.3 is 0 Å². The summed E-state index contributed by atoms with van der Waals surface area (Å²) in [7, 11) is 0. The lowest BCUT2D eigenvalue weighted by Gasteiger charge is -2.24. The Morgan fingerprint density at radius 3 is 2.10 bits per heavy atom. The average Bonchev–Trinajstić information content (AvgIpc) is 2.80. The molecule has 0 radical (unpaired) electrons. The summed E-state index contributed by atoms with van der Waals surface area (Å²) >= 11 is 5.51. The fourth-order valence-corrected chi connectivity index (χ4v) is 4.08. The number of anilines is 2. The molecule has 0 amide bonds. The summed E-state index contributed by atoms with van der Waals surface area (Å²) < 4.78 is 0. The van der Waals surface area contributed by atoms with Crippen molar-refractivity contribution >= 4 is 56.5 Å². The van der Waals surface area contributed by atoms with Crippen LogP contribution in [0, 0.1) is 0 Å². The van der Waals surface area contributed by atoms with Crippen LogP contribution in [-0.4, -0.2) is 24.4 Å². The van der Waals surface area contributed by atoms with Crippen LogP contribution in [0.4, 0.5) is 11.4 Å². The molecule has 156 valence electrons. The molecule has 31 heavy (non-hydrogen) atoms. The first-order valence-corrected chi connectivity index (χ1v) is 11.0. The van der Waals surface area contributed by atoms with Gasteiger partial charge in [0.15, 0.2) is 5.11 Å². The van der Waals surface area contributed by atoms with Crippen LogP contribution in [0.2, 0.25) is 0 Å². The number of hydrogen-bond donors (Lipinski definition) is 2. The molecule has 0 aliphatic heterocycles. The van der Waals surface area contributed by atoms with Crippen molar-refractivity contribution in [1.82, 2.24) is 5.43 Å². The summed E-state index contributed by atoms with van der Waals surface area (Å²) in [5, 5.41) is 12.9. The zero-order chi connectivity index (χ0) is 21.6. The fraction of sp³-hybridized carbons (Fsp3) is 0.154. The van der Waals surface area contributed by atoms with Crippen molar-refractivity contribution in [1.29, 1.82) is 0 Å². The van der Waals surface area contributed by atoms with E-state index in [9.17, 15) is 0 Å². The highest BCUT2D eigenvalue weighted by molar-refractivity contribution is 7.80. The van der Waals surface area contributed by atoms with Crippen LogP contribution in [0.1, 0.15) is 19.4 Å². The van der Waals surface area contributed by atoms with E-state index in [1.54, 1.807) is 0 Å². The quantitative estimate of drug-likeness (QED) is 0.168. The number of rotatable bonds is 6. The lowest BCUT2D eigenvalue weighted by molar-refractivity contribution is 0.867. The first-order chi connectivity index (χ1) is 15.2. The molecule has 0 spiro atoms. The lowest BCUT2D eigenvalue weighted by atomic mass is 9.97. The molecule has 0 atom stereocenters. The molecule has 4 nitrogen and oxygen atoms in total. The molecule has 4 aromatic carbocycles. The van der Waals surface area contributed by atoms with Gasteiger partial charge in [0.2, 0.25) is 0 Å². The van der Waals surface area contributed by atoms with Gasteiger partial charge in [0, 0.05) is 18.7 Å². The van der Waals surface area contributed by atoms with Gasteiger partial charge in [-0.05, 0) is 65.8 Å². The summed E-state index contributed by atoms with van der Waals surface area (Å²) in [5.41, 5.74) is 6.15. The molecule has 2 N–H and O–H groups in total. The Hall–Kier alpha value is -3.44. The maximum atomic E-state index is 5.51. The van der Waals surface area contributed by atoms with Crippen molar-refractivity contribution in [2.75, 3.05) is 23.3 Å². The highest BCUT2D eigenvalue weighted by atomic mass is 32.1. The normalized spacial score (nSPS) is 11.2. The van der Waals surface area contributed by atoms with Crippen molar-refractivity contribution in [3.8, 4) is 0 Å². The predicted molar refractivity (Wildman–Crippen MR) is 138 cm³/mol. The molecule has 4 aromatic rings. The summed E-state index contributed by atoms with van der Waals surface area (Å²) in [6.45, 7) is 6.16. The minimum atomic E-state index is 0.459. The van der Waals surface area contributed by atoms with Gasteiger partial charge in [-0.25, -0.2) is 0 Å². The molecule has 0 saturated heterocycles. The van der Waals surface area contributed by atoms with Crippen molar-refractivity contribution < 1.29 is 0 Å². The molecule has 0 aliphatic rings. The van der Waals surface area contributed by atoms with E-state index in [2.05, 4.69) is 95.3 Å². The molecule has 0 bridgehead atoms. The zero-order valence-corrected chi connectivity index (χ0v) is 18.6. The second-order valence-corrected chi connectivity index (χ2v) is 7.65. The molecule has 4 rings (SSSR count). The van der Waals surface area contributed by atoms with E-state index in [0.717, 1.165) is 40.8 Å². The third-order valence-corrected chi connectivity index (χ3v) is 5.62. The number of nitrogens with one attached hydrogen (secondary N) is 2. The topological polar surface area (TPSA) is 39.7 Å². The number of thiocarbonyl (C=S) groups is 1. The van der Waals surface area contributed by atoms with Crippen LogP contribution in [0.15, 0.2) is 84.0 Å². The van der Waals surface area contributed by atoms with E-state index in [1.807, 2.05) is 24.4 Å². The zero-order valence-electron chi connectivity index (χ0n) is 17.8. The van der Waals surface area contributed by atoms with Crippen LogP contribution in [0.25, 0.3) is 21.5 Å². The lowest BCUT2D eigenvalue weighted by Crippen LogP contribution is -2.27. The summed E-state index contributed by atoms with van der Waals surface area (Å²) in [4.78, 5) is 2.29. The molecular weight excluding hydrogens is 400 g/mol. The number of hydrazone groups is 1. The highest BCUT2D eigenvalue weighted by Crippen LogP contribution is 2.27. The molecular formula is C26H26N4S. The smallest absolute Gasteiger partial charge is 0.191 e. The predicted octanol–water partition coefficient (Wildman–Crippen LogP) is 6.16. The number of para-hydroxylation sites is 2. The van der Waals surface area contributed by atoms with E-state index in [1.165, 1.54) is 10.8 Å². The molecule has 0 saturated carbocycles.